The van der Waals surface area contributed by atoms with Gasteiger partial charge in [0.1, 0.15) is 0 Å². The van der Waals surface area contributed by atoms with E-state index in [2.05, 4.69) is 61.5 Å². The van der Waals surface area contributed by atoms with Crippen molar-refractivity contribution in [3.05, 3.63) is 72.1 Å². The van der Waals surface area contributed by atoms with Gasteiger partial charge in [0.25, 0.3) is 0 Å². The molecule has 1 aliphatic heterocycles. The summed E-state index contributed by atoms with van der Waals surface area (Å²) in [6.45, 7) is 6.93. The van der Waals surface area contributed by atoms with Crippen molar-refractivity contribution in [3.63, 3.8) is 0 Å². The van der Waals surface area contributed by atoms with Crippen molar-refractivity contribution < 1.29 is 0 Å². The van der Waals surface area contributed by atoms with Crippen LogP contribution in [0.1, 0.15) is 11.3 Å². The molecular weight excluding hydrogens is 336 g/mol. The summed E-state index contributed by atoms with van der Waals surface area (Å²) in [6.07, 6.45) is 6.33. The Morgan fingerprint density at radius 1 is 0.889 bits per heavy atom. The van der Waals surface area contributed by atoms with E-state index in [4.69, 9.17) is 0 Å². The molecule has 0 aliphatic carbocycles. The lowest BCUT2D eigenvalue weighted by molar-refractivity contribution is 0.283. The minimum Gasteiger partial charge on any atom is -0.353 e. The van der Waals surface area contributed by atoms with Gasteiger partial charge in [-0.25, -0.2) is 4.68 Å². The second-order valence-electron chi connectivity index (χ2n) is 6.75. The molecule has 27 heavy (non-hydrogen) atoms. The monoisotopic (exact) mass is 360 g/mol. The molecular formula is C21H24N6. The van der Waals surface area contributed by atoms with Crippen LogP contribution in [0.2, 0.25) is 0 Å². The predicted octanol–water partition coefficient (Wildman–Crippen LogP) is 2.81. The third-order valence-electron chi connectivity index (χ3n) is 4.76. The van der Waals surface area contributed by atoms with E-state index in [0.29, 0.717) is 0 Å². The summed E-state index contributed by atoms with van der Waals surface area (Å²) >= 11 is 0. The number of benzene rings is 1. The molecule has 0 radical (unpaired) electrons. The Kier molecular flexibility index (Phi) is 5.25. The van der Waals surface area contributed by atoms with Crippen molar-refractivity contribution in [3.8, 4) is 5.82 Å². The maximum absolute atomic E-state index is 4.40. The molecule has 3 aromatic rings. The highest BCUT2D eigenvalue weighted by Gasteiger charge is 2.17. The van der Waals surface area contributed by atoms with Crippen LogP contribution in [-0.2, 0) is 0 Å². The van der Waals surface area contributed by atoms with Gasteiger partial charge in [-0.2, -0.15) is 5.10 Å². The Hall–Kier alpha value is -2.99. The molecule has 4 rings (SSSR count). The molecule has 1 saturated heterocycles. The number of aryl methyl sites for hydroxylation is 1. The average molecular weight is 360 g/mol. The first-order valence-corrected chi connectivity index (χ1v) is 9.33. The fourth-order valence-corrected chi connectivity index (χ4v) is 3.21. The van der Waals surface area contributed by atoms with Crippen LogP contribution in [0.4, 0.5) is 5.82 Å². The molecule has 0 saturated carbocycles. The normalized spacial score (nSPS) is 15.5. The number of anilines is 1. The molecule has 1 aliphatic rings. The Bertz CT molecular complexity index is 877. The molecule has 0 N–H and O–H groups in total. The molecule has 1 aromatic carbocycles. The van der Waals surface area contributed by atoms with Crippen molar-refractivity contribution >= 4 is 11.9 Å². The van der Waals surface area contributed by atoms with Crippen LogP contribution in [0.15, 0.2) is 60.8 Å². The lowest BCUT2D eigenvalue weighted by atomic mass is 10.2. The van der Waals surface area contributed by atoms with Crippen LogP contribution in [0.3, 0.4) is 0 Å². The number of hydrogen-bond donors (Lipinski definition) is 0. The maximum Gasteiger partial charge on any atom is 0.175 e. The highest BCUT2D eigenvalue weighted by molar-refractivity contribution is 5.48. The summed E-state index contributed by atoms with van der Waals surface area (Å²) in [5, 5.41) is 13.1. The van der Waals surface area contributed by atoms with Crippen LogP contribution in [-0.4, -0.2) is 57.6 Å². The van der Waals surface area contributed by atoms with E-state index in [1.165, 1.54) is 5.56 Å². The van der Waals surface area contributed by atoms with Crippen molar-refractivity contribution in [2.75, 3.05) is 37.6 Å². The molecule has 138 valence electrons. The van der Waals surface area contributed by atoms with Crippen molar-refractivity contribution in [2.45, 2.75) is 6.92 Å². The van der Waals surface area contributed by atoms with Gasteiger partial charge in [-0.05, 0) is 30.7 Å². The number of aromatic nitrogens is 4. The smallest absolute Gasteiger partial charge is 0.175 e. The van der Waals surface area contributed by atoms with E-state index in [-0.39, 0.29) is 0 Å². The van der Waals surface area contributed by atoms with Gasteiger partial charge in [-0.3, -0.25) is 4.90 Å². The zero-order chi connectivity index (χ0) is 18.5. The number of rotatable bonds is 5. The van der Waals surface area contributed by atoms with Gasteiger partial charge >= 0.3 is 0 Å². The topological polar surface area (TPSA) is 50.1 Å². The molecule has 0 bridgehead atoms. The van der Waals surface area contributed by atoms with Gasteiger partial charge in [-0.15, -0.1) is 10.2 Å². The first-order valence-electron chi connectivity index (χ1n) is 9.33. The molecule has 6 heteroatoms. The van der Waals surface area contributed by atoms with Crippen LogP contribution >= 0.6 is 0 Å². The zero-order valence-electron chi connectivity index (χ0n) is 15.6. The lowest BCUT2D eigenvalue weighted by Crippen LogP contribution is -2.46. The molecule has 2 aromatic heterocycles. The van der Waals surface area contributed by atoms with E-state index in [0.717, 1.165) is 50.1 Å². The summed E-state index contributed by atoms with van der Waals surface area (Å²) in [5.74, 6) is 1.68. The fourth-order valence-electron chi connectivity index (χ4n) is 3.21. The van der Waals surface area contributed by atoms with Gasteiger partial charge in [0.05, 0.1) is 5.69 Å². The van der Waals surface area contributed by atoms with E-state index in [1.807, 2.05) is 37.4 Å². The first-order chi connectivity index (χ1) is 13.3. The van der Waals surface area contributed by atoms with Gasteiger partial charge in [-0.1, -0.05) is 42.5 Å². The summed E-state index contributed by atoms with van der Waals surface area (Å²) in [7, 11) is 0. The lowest BCUT2D eigenvalue weighted by Gasteiger charge is -2.34. The summed E-state index contributed by atoms with van der Waals surface area (Å²) in [6, 6.07) is 16.4. The highest BCUT2D eigenvalue weighted by atomic mass is 15.4. The Morgan fingerprint density at radius 3 is 2.30 bits per heavy atom. The summed E-state index contributed by atoms with van der Waals surface area (Å²) in [4.78, 5) is 4.76. The number of nitrogens with zero attached hydrogens (tertiary/aromatic N) is 6. The van der Waals surface area contributed by atoms with Crippen molar-refractivity contribution in [1.82, 2.24) is 24.9 Å². The zero-order valence-corrected chi connectivity index (χ0v) is 15.6. The van der Waals surface area contributed by atoms with Crippen LogP contribution in [0, 0.1) is 6.92 Å². The summed E-state index contributed by atoms with van der Waals surface area (Å²) < 4.78 is 1.75. The summed E-state index contributed by atoms with van der Waals surface area (Å²) in [5.41, 5.74) is 2.22. The van der Waals surface area contributed by atoms with E-state index < -0.39 is 0 Å². The standard InChI is InChI=1S/C21H24N6/c1-18-11-13-27(24-18)21-10-9-20(22-23-21)26-16-14-25(15-17-26)12-5-8-19-6-3-2-4-7-19/h2-11,13H,12,14-17H2,1H3/b8-5+. The van der Waals surface area contributed by atoms with Gasteiger partial charge < -0.3 is 4.90 Å². The van der Waals surface area contributed by atoms with Crippen molar-refractivity contribution in [2.24, 2.45) is 0 Å². The van der Waals surface area contributed by atoms with Gasteiger partial charge in [0.2, 0.25) is 0 Å². The molecule has 0 atom stereocenters. The third kappa shape index (κ3) is 4.41. The number of piperazine rings is 1. The largest absolute Gasteiger partial charge is 0.353 e. The maximum atomic E-state index is 4.40. The molecule has 0 amide bonds. The van der Waals surface area contributed by atoms with Crippen molar-refractivity contribution in [1.29, 1.82) is 0 Å². The quantitative estimate of drug-likeness (QED) is 0.700. The Balaban J connectivity index is 1.29. The predicted molar refractivity (Wildman–Crippen MR) is 108 cm³/mol. The second-order valence-corrected chi connectivity index (χ2v) is 6.75. The molecule has 3 heterocycles. The Labute approximate surface area is 159 Å². The minimum absolute atomic E-state index is 0.747. The van der Waals surface area contributed by atoms with Crippen LogP contribution < -0.4 is 4.90 Å². The van der Waals surface area contributed by atoms with E-state index in [9.17, 15) is 0 Å². The SMILES string of the molecule is Cc1ccn(-c2ccc(N3CCN(C/C=C/c4ccccc4)CC3)nn2)n1. The fraction of sp³-hybridized carbons (Fsp3) is 0.286. The molecule has 0 spiro atoms. The Morgan fingerprint density at radius 2 is 1.63 bits per heavy atom. The number of hydrogen-bond acceptors (Lipinski definition) is 5. The highest BCUT2D eigenvalue weighted by Crippen LogP contribution is 2.14. The first kappa shape index (κ1) is 17.4. The second kappa shape index (κ2) is 8.14. The molecule has 1 fully saturated rings. The minimum atomic E-state index is 0.747. The van der Waals surface area contributed by atoms with Crippen LogP contribution in [0.25, 0.3) is 11.9 Å². The molecule has 6 nitrogen and oxygen atoms in total. The molecule has 0 unspecified atom stereocenters. The third-order valence-corrected chi connectivity index (χ3v) is 4.76. The average Bonchev–Trinajstić information content (AvgIpc) is 3.16. The van der Waals surface area contributed by atoms with E-state index in [1.54, 1.807) is 4.68 Å². The van der Waals surface area contributed by atoms with E-state index >= 15 is 0 Å². The van der Waals surface area contributed by atoms with Gasteiger partial charge in [0, 0.05) is 38.9 Å². The van der Waals surface area contributed by atoms with Crippen LogP contribution in [0.5, 0.6) is 0 Å². The van der Waals surface area contributed by atoms with Gasteiger partial charge in [0.15, 0.2) is 11.6 Å².